The monoisotopic (exact) mass is 290 g/mol. The van der Waals surface area contributed by atoms with E-state index >= 15 is 0 Å². The molecule has 0 fully saturated rings. The van der Waals surface area contributed by atoms with Crippen LogP contribution in [-0.4, -0.2) is 11.6 Å². The maximum Gasteiger partial charge on any atom is 0.119 e. The van der Waals surface area contributed by atoms with Crippen molar-refractivity contribution in [1.82, 2.24) is 4.98 Å². The van der Waals surface area contributed by atoms with Gasteiger partial charge < -0.3 is 10.5 Å². The number of nitrogens with zero attached hydrogens (tertiary/aromatic N) is 1. The minimum absolute atomic E-state index is 0.582. The summed E-state index contributed by atoms with van der Waals surface area (Å²) in [6.07, 6.45) is 1.78. The van der Waals surface area contributed by atoms with Gasteiger partial charge in [0.25, 0.3) is 0 Å². The van der Waals surface area contributed by atoms with Crippen molar-refractivity contribution < 1.29 is 4.74 Å². The number of rotatable bonds is 6. The van der Waals surface area contributed by atoms with E-state index in [9.17, 15) is 0 Å². The van der Waals surface area contributed by atoms with Gasteiger partial charge in [-0.2, -0.15) is 0 Å². The van der Waals surface area contributed by atoms with Crippen LogP contribution in [0.3, 0.4) is 0 Å². The molecule has 0 saturated heterocycles. The number of hydrogen-bond donors (Lipinski definition) is 1. The topological polar surface area (TPSA) is 48.1 Å². The summed E-state index contributed by atoms with van der Waals surface area (Å²) in [4.78, 5) is 5.82. The van der Waals surface area contributed by atoms with Crippen LogP contribution in [0.1, 0.15) is 33.6 Å². The van der Waals surface area contributed by atoms with Crippen LogP contribution < -0.4 is 10.5 Å². The fourth-order valence-corrected chi connectivity index (χ4v) is 3.06. The standard InChI is InChI=1S/C16H22N2OS/c1-4-14-15(10-17)20-16(18-14)7-8-19-13-6-5-11(2)12(3)9-13/h5-6,9H,4,7-8,10,17H2,1-3H3. The summed E-state index contributed by atoms with van der Waals surface area (Å²) >= 11 is 1.71. The highest BCUT2D eigenvalue weighted by atomic mass is 32.1. The molecule has 0 amide bonds. The molecule has 0 radical (unpaired) electrons. The third-order valence-electron chi connectivity index (χ3n) is 3.41. The first-order chi connectivity index (χ1) is 9.63. The van der Waals surface area contributed by atoms with Crippen molar-refractivity contribution in [2.45, 2.75) is 40.2 Å². The Kier molecular flexibility index (Phi) is 5.15. The fraction of sp³-hybridized carbons (Fsp3) is 0.438. The van der Waals surface area contributed by atoms with Crippen LogP contribution in [0.15, 0.2) is 18.2 Å². The molecule has 0 atom stereocenters. The first kappa shape index (κ1) is 15.0. The van der Waals surface area contributed by atoms with E-state index in [1.807, 2.05) is 6.07 Å². The molecular weight excluding hydrogens is 268 g/mol. The molecule has 0 unspecified atom stereocenters. The Bertz CT molecular complexity index is 556. The third kappa shape index (κ3) is 3.58. The minimum atomic E-state index is 0.582. The quantitative estimate of drug-likeness (QED) is 0.887. The van der Waals surface area contributed by atoms with Gasteiger partial charge in [-0.1, -0.05) is 13.0 Å². The van der Waals surface area contributed by atoms with Crippen molar-refractivity contribution in [3.63, 3.8) is 0 Å². The fourth-order valence-electron chi connectivity index (χ4n) is 2.04. The van der Waals surface area contributed by atoms with Gasteiger partial charge in [0.1, 0.15) is 5.75 Å². The van der Waals surface area contributed by atoms with Crippen molar-refractivity contribution in [2.75, 3.05) is 6.61 Å². The molecule has 0 saturated carbocycles. The highest BCUT2D eigenvalue weighted by molar-refractivity contribution is 7.11. The maximum atomic E-state index is 5.80. The molecule has 1 aromatic heterocycles. The SMILES string of the molecule is CCc1nc(CCOc2ccc(C)c(C)c2)sc1CN. The predicted octanol–water partition coefficient (Wildman–Crippen LogP) is 3.40. The second kappa shape index (κ2) is 6.86. The number of aryl methyl sites for hydroxylation is 3. The lowest BCUT2D eigenvalue weighted by atomic mass is 10.1. The normalized spacial score (nSPS) is 10.8. The predicted molar refractivity (Wildman–Crippen MR) is 84.5 cm³/mol. The van der Waals surface area contributed by atoms with Gasteiger partial charge in [-0.15, -0.1) is 11.3 Å². The molecule has 1 heterocycles. The molecule has 0 aliphatic carbocycles. The Morgan fingerprint density at radius 2 is 2.05 bits per heavy atom. The van der Waals surface area contributed by atoms with Gasteiger partial charge in [-0.3, -0.25) is 0 Å². The van der Waals surface area contributed by atoms with Crippen LogP contribution in [-0.2, 0) is 19.4 Å². The first-order valence-electron chi connectivity index (χ1n) is 7.01. The van der Waals surface area contributed by atoms with Gasteiger partial charge in [0, 0.05) is 17.8 Å². The highest BCUT2D eigenvalue weighted by Crippen LogP contribution is 2.20. The number of aromatic nitrogens is 1. The van der Waals surface area contributed by atoms with Crippen LogP contribution in [0.25, 0.3) is 0 Å². The molecule has 3 nitrogen and oxygen atoms in total. The Morgan fingerprint density at radius 3 is 2.65 bits per heavy atom. The van der Waals surface area contributed by atoms with E-state index in [1.165, 1.54) is 16.0 Å². The van der Waals surface area contributed by atoms with Crippen molar-refractivity contribution in [3.8, 4) is 5.75 Å². The van der Waals surface area contributed by atoms with E-state index in [1.54, 1.807) is 11.3 Å². The van der Waals surface area contributed by atoms with Gasteiger partial charge in [0.15, 0.2) is 0 Å². The summed E-state index contributed by atoms with van der Waals surface area (Å²) in [6, 6.07) is 6.20. The van der Waals surface area contributed by atoms with Gasteiger partial charge in [0.2, 0.25) is 0 Å². The van der Waals surface area contributed by atoms with E-state index < -0.39 is 0 Å². The molecule has 20 heavy (non-hydrogen) atoms. The largest absolute Gasteiger partial charge is 0.493 e. The van der Waals surface area contributed by atoms with Gasteiger partial charge in [-0.25, -0.2) is 4.98 Å². The highest BCUT2D eigenvalue weighted by Gasteiger charge is 2.08. The Morgan fingerprint density at radius 1 is 1.25 bits per heavy atom. The second-order valence-corrected chi connectivity index (χ2v) is 6.05. The number of nitrogens with two attached hydrogens (primary N) is 1. The molecule has 1 aromatic carbocycles. The summed E-state index contributed by atoms with van der Waals surface area (Å²) in [5.74, 6) is 0.930. The lowest BCUT2D eigenvalue weighted by Crippen LogP contribution is -2.01. The van der Waals surface area contributed by atoms with Crippen molar-refractivity contribution in [1.29, 1.82) is 0 Å². The lowest BCUT2D eigenvalue weighted by Gasteiger charge is -2.07. The molecule has 2 N–H and O–H groups in total. The van der Waals surface area contributed by atoms with Gasteiger partial charge >= 0.3 is 0 Å². The molecular formula is C16H22N2OS. The number of ether oxygens (including phenoxy) is 1. The number of hydrogen-bond acceptors (Lipinski definition) is 4. The zero-order valence-corrected chi connectivity index (χ0v) is 13.2. The maximum absolute atomic E-state index is 5.80. The average molecular weight is 290 g/mol. The molecule has 4 heteroatoms. The second-order valence-electron chi connectivity index (χ2n) is 4.88. The summed E-state index contributed by atoms with van der Waals surface area (Å²) in [7, 11) is 0. The van der Waals surface area contributed by atoms with E-state index in [2.05, 4.69) is 37.9 Å². The number of thiazole rings is 1. The van der Waals surface area contributed by atoms with Crippen molar-refractivity contribution >= 4 is 11.3 Å². The van der Waals surface area contributed by atoms with Crippen LogP contribution >= 0.6 is 11.3 Å². The van der Waals surface area contributed by atoms with E-state index in [0.717, 1.165) is 29.3 Å². The van der Waals surface area contributed by atoms with Crippen LogP contribution in [0.2, 0.25) is 0 Å². The summed E-state index contributed by atoms with van der Waals surface area (Å²) in [5, 5.41) is 1.12. The lowest BCUT2D eigenvalue weighted by molar-refractivity contribution is 0.321. The van der Waals surface area contributed by atoms with Crippen LogP contribution in [0, 0.1) is 13.8 Å². The van der Waals surface area contributed by atoms with Crippen LogP contribution in [0.5, 0.6) is 5.75 Å². The average Bonchev–Trinajstić information content (AvgIpc) is 2.85. The van der Waals surface area contributed by atoms with E-state index in [0.29, 0.717) is 13.2 Å². The molecule has 0 spiro atoms. The minimum Gasteiger partial charge on any atom is -0.493 e. The van der Waals surface area contributed by atoms with Gasteiger partial charge in [-0.05, 0) is 43.5 Å². The molecule has 2 aromatic rings. The van der Waals surface area contributed by atoms with E-state index in [4.69, 9.17) is 10.5 Å². The van der Waals surface area contributed by atoms with Crippen LogP contribution in [0.4, 0.5) is 0 Å². The summed E-state index contributed by atoms with van der Waals surface area (Å²) in [6.45, 7) is 7.56. The smallest absolute Gasteiger partial charge is 0.119 e. The zero-order chi connectivity index (χ0) is 14.5. The summed E-state index contributed by atoms with van der Waals surface area (Å²) < 4.78 is 5.80. The molecule has 0 aliphatic heterocycles. The third-order valence-corrected chi connectivity index (χ3v) is 4.59. The molecule has 0 bridgehead atoms. The van der Waals surface area contributed by atoms with E-state index in [-0.39, 0.29) is 0 Å². The summed E-state index contributed by atoms with van der Waals surface area (Å²) in [5.41, 5.74) is 9.42. The Labute approximate surface area is 124 Å². The Balaban J connectivity index is 1.92. The molecule has 2 rings (SSSR count). The van der Waals surface area contributed by atoms with Gasteiger partial charge in [0.05, 0.1) is 17.3 Å². The van der Waals surface area contributed by atoms with Crippen molar-refractivity contribution in [3.05, 3.63) is 44.9 Å². The molecule has 0 aliphatic rings. The first-order valence-corrected chi connectivity index (χ1v) is 7.83. The number of benzene rings is 1. The molecule has 108 valence electrons. The zero-order valence-electron chi connectivity index (χ0n) is 12.4. The Hall–Kier alpha value is -1.39. The van der Waals surface area contributed by atoms with Crippen molar-refractivity contribution in [2.24, 2.45) is 5.73 Å².